The molecule has 4 heteroatoms. The van der Waals surface area contributed by atoms with Gasteiger partial charge in [-0.15, -0.1) is 0 Å². The Morgan fingerprint density at radius 3 is 1.40 bits per heavy atom. The summed E-state index contributed by atoms with van der Waals surface area (Å²) in [5.41, 5.74) is 0. The van der Waals surface area contributed by atoms with Crippen molar-refractivity contribution in [3.8, 4) is 0 Å². The maximum atomic E-state index is 3.43. The normalized spacial score (nSPS) is 59.6. The Balaban J connectivity index is 2.42. The van der Waals surface area contributed by atoms with Crippen LogP contribution in [0.1, 0.15) is 0 Å². The molecule has 0 aliphatic carbocycles. The van der Waals surface area contributed by atoms with Gasteiger partial charge < -0.3 is 0 Å². The molecule has 0 aromatic rings. The van der Waals surface area contributed by atoms with Crippen LogP contribution < -0.4 is 9.44 Å². The van der Waals surface area contributed by atoms with Crippen LogP contribution in [0.4, 0.5) is 0 Å². The van der Waals surface area contributed by atoms with Gasteiger partial charge >= 0.3 is 0 Å². The van der Waals surface area contributed by atoms with Crippen molar-refractivity contribution in [2.24, 2.45) is 0 Å². The smallest absolute Gasteiger partial charge is 0.0316 e. The van der Waals surface area contributed by atoms with Gasteiger partial charge in [0.15, 0.2) is 0 Å². The zero-order valence-electron chi connectivity index (χ0n) is 7.23. The van der Waals surface area contributed by atoms with Crippen LogP contribution >= 0.6 is 20.4 Å². The molecule has 0 spiro atoms. The third kappa shape index (κ3) is 1.44. The number of hydrogen-bond donors (Lipinski definition) is 2. The summed E-state index contributed by atoms with van der Waals surface area (Å²) in [6, 6.07) is 0. The van der Waals surface area contributed by atoms with E-state index >= 15 is 0 Å². The molecule has 1 saturated heterocycles. The maximum absolute atomic E-state index is 3.43. The maximum Gasteiger partial charge on any atom is 0.0316 e. The first-order valence-corrected chi connectivity index (χ1v) is 8.14. The molecule has 0 atom stereocenters. The molecule has 0 unspecified atom stereocenters. The van der Waals surface area contributed by atoms with Gasteiger partial charge in [0.25, 0.3) is 0 Å². The molecule has 1 heterocycles. The van der Waals surface area contributed by atoms with Crippen LogP contribution in [-0.4, -0.2) is 36.8 Å². The van der Waals surface area contributed by atoms with Gasteiger partial charge in [0, 0.05) is 10.2 Å². The van der Waals surface area contributed by atoms with Crippen molar-refractivity contribution >= 4 is 20.4 Å². The zero-order valence-corrected chi connectivity index (χ0v) is 8.86. The van der Waals surface area contributed by atoms with Crippen LogP contribution in [0.3, 0.4) is 0 Å². The minimum Gasteiger partial charge on any atom is -0.283 e. The van der Waals surface area contributed by atoms with Crippen LogP contribution in [0, 0.1) is 0 Å². The van der Waals surface area contributed by atoms with E-state index in [0.717, 1.165) is 0 Å². The van der Waals surface area contributed by atoms with E-state index in [4.69, 9.17) is 0 Å². The van der Waals surface area contributed by atoms with Gasteiger partial charge in [-0.05, 0) is 26.6 Å². The van der Waals surface area contributed by atoms with E-state index in [1.807, 2.05) is 0 Å². The van der Waals surface area contributed by atoms with Crippen LogP contribution in [0.2, 0.25) is 0 Å². The van der Waals surface area contributed by atoms with Crippen LogP contribution in [0.5, 0.6) is 0 Å². The van der Waals surface area contributed by atoms with Gasteiger partial charge in [0.1, 0.15) is 0 Å². The van der Waals surface area contributed by atoms with Gasteiger partial charge in [-0.1, -0.05) is 0 Å². The highest BCUT2D eigenvalue weighted by molar-refractivity contribution is 8.61. The minimum atomic E-state index is -0.372. The number of hydrogen-bond acceptors (Lipinski definition) is 2. The lowest BCUT2D eigenvalue weighted by Gasteiger charge is -2.60. The van der Waals surface area contributed by atoms with E-state index < -0.39 is 0 Å². The lowest BCUT2D eigenvalue weighted by atomic mass is 11.6. The van der Waals surface area contributed by atoms with Crippen molar-refractivity contribution in [1.29, 1.82) is 0 Å². The van der Waals surface area contributed by atoms with Gasteiger partial charge in [-0.25, -0.2) is 0 Å². The lowest BCUT2D eigenvalue weighted by molar-refractivity contribution is 1.21. The Morgan fingerprint density at radius 2 is 1.20 bits per heavy atom. The first-order chi connectivity index (χ1) is 4.54. The van der Waals surface area contributed by atoms with Crippen molar-refractivity contribution in [3.05, 3.63) is 0 Å². The topological polar surface area (TPSA) is 24.1 Å². The largest absolute Gasteiger partial charge is 0.283 e. The molecular formula is C6H18N2S2. The molecule has 2 N–H and O–H groups in total. The highest BCUT2D eigenvalue weighted by atomic mass is 32.4. The van der Waals surface area contributed by atoms with Crippen molar-refractivity contribution in [2.75, 3.05) is 36.8 Å². The second-order valence-electron chi connectivity index (χ2n) is 3.19. The van der Waals surface area contributed by atoms with E-state index in [2.05, 4.69) is 36.1 Å². The summed E-state index contributed by atoms with van der Waals surface area (Å²) in [6.07, 6.45) is 4.75. The minimum absolute atomic E-state index is 0.372. The molecule has 0 amide bonds. The summed E-state index contributed by atoms with van der Waals surface area (Å²) >= 11 is 0. The van der Waals surface area contributed by atoms with E-state index in [-0.39, 0.29) is 20.4 Å². The molecule has 1 aliphatic heterocycles. The number of rotatable bonds is 2. The molecular weight excluding hydrogens is 164 g/mol. The fraction of sp³-hybridized carbons (Fsp3) is 1.00. The van der Waals surface area contributed by atoms with Gasteiger partial charge in [0.2, 0.25) is 0 Å². The third-order valence-corrected chi connectivity index (χ3v) is 12.3. The fourth-order valence-corrected chi connectivity index (χ4v) is 12.1. The Morgan fingerprint density at radius 1 is 0.900 bits per heavy atom. The molecule has 1 aliphatic rings. The van der Waals surface area contributed by atoms with Gasteiger partial charge in [-0.3, -0.25) is 9.44 Å². The standard InChI is InChI=1S/C6H18N2S2/c1-7-9(3)5-10(4,6-9)8-2/h7-8H,5-6H2,1-4H3. The Labute approximate surface area is 67.0 Å². The molecule has 1 fully saturated rings. The first-order valence-electron chi connectivity index (χ1n) is 3.38. The quantitative estimate of drug-likeness (QED) is 0.667. The molecule has 64 valence electrons. The summed E-state index contributed by atoms with van der Waals surface area (Å²) in [7, 11) is 3.43. The lowest BCUT2D eigenvalue weighted by Crippen LogP contribution is -2.41. The summed E-state index contributed by atoms with van der Waals surface area (Å²) in [4.78, 5) is 0. The van der Waals surface area contributed by atoms with Gasteiger partial charge in [-0.2, -0.15) is 20.4 Å². The SMILES string of the molecule is CNS1(C)CS(C)(NC)C1. The molecule has 0 aromatic heterocycles. The Bertz CT molecular complexity index is 118. The molecule has 0 radical (unpaired) electrons. The monoisotopic (exact) mass is 182 g/mol. The Hall–Kier alpha value is 0.620. The second-order valence-corrected chi connectivity index (χ2v) is 11.0. The van der Waals surface area contributed by atoms with Crippen molar-refractivity contribution < 1.29 is 0 Å². The molecule has 0 saturated carbocycles. The molecule has 2 nitrogen and oxygen atoms in total. The zero-order chi connectivity index (χ0) is 7.83. The second kappa shape index (κ2) is 2.59. The summed E-state index contributed by atoms with van der Waals surface area (Å²) in [5, 5.41) is 2.79. The summed E-state index contributed by atoms with van der Waals surface area (Å²) in [6.45, 7) is 0. The highest BCUT2D eigenvalue weighted by Gasteiger charge is 2.39. The predicted octanol–water partition coefficient (Wildman–Crippen LogP) is 1.05. The van der Waals surface area contributed by atoms with E-state index in [9.17, 15) is 0 Å². The third-order valence-electron chi connectivity index (χ3n) is 2.03. The van der Waals surface area contributed by atoms with Gasteiger partial charge in [0.05, 0.1) is 0 Å². The van der Waals surface area contributed by atoms with E-state index in [1.165, 1.54) is 10.2 Å². The van der Waals surface area contributed by atoms with Crippen LogP contribution in [0.25, 0.3) is 0 Å². The average Bonchev–Trinajstić information content (AvgIpc) is 1.85. The Kier molecular flexibility index (Phi) is 2.26. The van der Waals surface area contributed by atoms with Crippen molar-refractivity contribution in [3.63, 3.8) is 0 Å². The van der Waals surface area contributed by atoms with E-state index in [0.29, 0.717) is 0 Å². The van der Waals surface area contributed by atoms with Crippen molar-refractivity contribution in [1.82, 2.24) is 9.44 Å². The number of nitrogens with one attached hydrogen (secondary N) is 2. The van der Waals surface area contributed by atoms with Crippen LogP contribution in [-0.2, 0) is 0 Å². The summed E-state index contributed by atoms with van der Waals surface area (Å²) < 4.78 is 6.86. The first kappa shape index (κ1) is 8.71. The van der Waals surface area contributed by atoms with E-state index in [1.54, 1.807) is 0 Å². The predicted molar refractivity (Wildman–Crippen MR) is 54.9 cm³/mol. The summed E-state index contributed by atoms with van der Waals surface area (Å²) in [5.74, 6) is 0. The molecule has 0 aromatic carbocycles. The van der Waals surface area contributed by atoms with Crippen LogP contribution in [0.15, 0.2) is 0 Å². The molecule has 0 bridgehead atoms. The highest BCUT2D eigenvalue weighted by Crippen LogP contribution is 2.70. The average molecular weight is 182 g/mol. The van der Waals surface area contributed by atoms with Crippen molar-refractivity contribution in [2.45, 2.75) is 0 Å². The molecule has 10 heavy (non-hydrogen) atoms. The fourth-order valence-electron chi connectivity index (χ4n) is 1.35. The molecule has 1 rings (SSSR count).